The molecule has 2 aliphatic rings. The minimum atomic E-state index is -0.241. The molecule has 78 valence electrons. The van der Waals surface area contributed by atoms with Gasteiger partial charge in [-0.1, -0.05) is 5.16 Å². The topological polar surface area (TPSA) is 53.9 Å². The van der Waals surface area contributed by atoms with Crippen LogP contribution in [0.2, 0.25) is 0 Å². The Morgan fingerprint density at radius 2 is 2.43 bits per heavy atom. The Morgan fingerprint density at radius 1 is 1.64 bits per heavy atom. The molecule has 0 aromatic rings. The van der Waals surface area contributed by atoms with Gasteiger partial charge in [0.2, 0.25) is 0 Å². The molecule has 0 aromatic carbocycles. The van der Waals surface area contributed by atoms with Gasteiger partial charge in [-0.2, -0.15) is 0 Å². The van der Waals surface area contributed by atoms with Gasteiger partial charge in [0.1, 0.15) is 0 Å². The third-order valence-electron chi connectivity index (χ3n) is 2.77. The Kier molecular flexibility index (Phi) is 2.52. The third kappa shape index (κ3) is 1.65. The number of likely N-dealkylation sites (N-methyl/N-ethyl adjacent to an activating group) is 1. The first kappa shape index (κ1) is 9.61. The normalized spacial score (nSPS) is 34.1. The van der Waals surface area contributed by atoms with E-state index >= 15 is 0 Å². The predicted octanol–water partition coefficient (Wildman–Crippen LogP) is -0.561. The third-order valence-corrected chi connectivity index (χ3v) is 2.77. The zero-order chi connectivity index (χ0) is 10.1. The summed E-state index contributed by atoms with van der Waals surface area (Å²) in [4.78, 5) is 18.0. The summed E-state index contributed by atoms with van der Waals surface area (Å²) in [5, 5.41) is 7.17. The minimum Gasteiger partial charge on any atom is -0.318 e. The number of piperazine rings is 1. The summed E-state index contributed by atoms with van der Waals surface area (Å²) in [6.45, 7) is 4.69. The van der Waals surface area contributed by atoms with Crippen LogP contribution in [-0.4, -0.2) is 49.3 Å². The molecule has 2 aliphatic heterocycles. The van der Waals surface area contributed by atoms with Gasteiger partial charge < -0.3 is 15.1 Å². The first-order chi connectivity index (χ1) is 6.68. The molecule has 2 atom stereocenters. The van der Waals surface area contributed by atoms with Crippen molar-refractivity contribution in [2.75, 3.05) is 26.7 Å². The summed E-state index contributed by atoms with van der Waals surface area (Å²) in [6, 6.07) is 0.162. The predicted molar refractivity (Wildman–Crippen MR) is 52.0 cm³/mol. The molecular weight excluding hydrogens is 182 g/mol. The standard InChI is InChI=1S/C9H15N3O2/c1-6-8(11-14-9(6)13)7-5-12(2)4-3-10-7/h6-7,10H,3-5H2,1-2H3. The van der Waals surface area contributed by atoms with E-state index in [1.807, 2.05) is 6.92 Å². The lowest BCUT2D eigenvalue weighted by atomic mass is 9.98. The number of hydrogen-bond donors (Lipinski definition) is 1. The van der Waals surface area contributed by atoms with E-state index < -0.39 is 0 Å². The molecule has 0 saturated carbocycles. The van der Waals surface area contributed by atoms with Crippen molar-refractivity contribution in [1.29, 1.82) is 0 Å². The second-order valence-electron chi connectivity index (χ2n) is 3.92. The molecule has 5 heteroatoms. The van der Waals surface area contributed by atoms with Gasteiger partial charge >= 0.3 is 5.97 Å². The highest BCUT2D eigenvalue weighted by atomic mass is 16.7. The molecule has 5 nitrogen and oxygen atoms in total. The summed E-state index contributed by atoms with van der Waals surface area (Å²) < 4.78 is 0. The van der Waals surface area contributed by atoms with E-state index in [1.165, 1.54) is 0 Å². The summed E-state index contributed by atoms with van der Waals surface area (Å²) in [5.74, 6) is -0.436. The van der Waals surface area contributed by atoms with Crippen molar-refractivity contribution < 1.29 is 9.63 Å². The van der Waals surface area contributed by atoms with E-state index in [2.05, 4.69) is 27.3 Å². The number of nitrogens with zero attached hydrogens (tertiary/aromatic N) is 2. The molecule has 14 heavy (non-hydrogen) atoms. The van der Waals surface area contributed by atoms with Crippen LogP contribution in [0.4, 0.5) is 0 Å². The monoisotopic (exact) mass is 197 g/mol. The Bertz CT molecular complexity index is 277. The Hall–Kier alpha value is -0.940. The van der Waals surface area contributed by atoms with Crippen molar-refractivity contribution in [3.05, 3.63) is 0 Å². The number of carbonyl (C=O) groups excluding carboxylic acids is 1. The average molecular weight is 197 g/mol. The average Bonchev–Trinajstić information content (AvgIpc) is 2.48. The maximum absolute atomic E-state index is 11.1. The van der Waals surface area contributed by atoms with E-state index in [9.17, 15) is 4.79 Å². The van der Waals surface area contributed by atoms with Crippen LogP contribution >= 0.6 is 0 Å². The lowest BCUT2D eigenvalue weighted by Gasteiger charge is -2.31. The number of rotatable bonds is 1. The van der Waals surface area contributed by atoms with E-state index in [1.54, 1.807) is 0 Å². The van der Waals surface area contributed by atoms with E-state index in [0.717, 1.165) is 25.3 Å². The quantitative estimate of drug-likeness (QED) is 0.572. The minimum absolute atomic E-state index is 0.162. The van der Waals surface area contributed by atoms with Gasteiger partial charge in [0, 0.05) is 19.6 Å². The summed E-state index contributed by atoms with van der Waals surface area (Å²) >= 11 is 0. The first-order valence-electron chi connectivity index (χ1n) is 4.89. The molecular formula is C9H15N3O2. The summed E-state index contributed by atoms with van der Waals surface area (Å²) in [5.41, 5.74) is 0.835. The molecule has 0 radical (unpaired) electrons. The van der Waals surface area contributed by atoms with E-state index in [4.69, 9.17) is 0 Å². The summed E-state index contributed by atoms with van der Waals surface area (Å²) in [6.07, 6.45) is 0. The lowest BCUT2D eigenvalue weighted by Crippen LogP contribution is -2.53. The smallest absolute Gasteiger partial charge is 0.318 e. The molecule has 0 aliphatic carbocycles. The SMILES string of the molecule is CC1C(=O)ON=C1C1CN(C)CCN1. The largest absolute Gasteiger partial charge is 0.343 e. The van der Waals surface area contributed by atoms with E-state index in [-0.39, 0.29) is 17.9 Å². The maximum Gasteiger partial charge on any atom is 0.343 e. The number of oxime groups is 1. The van der Waals surface area contributed by atoms with Crippen molar-refractivity contribution in [3.8, 4) is 0 Å². The zero-order valence-corrected chi connectivity index (χ0v) is 8.49. The summed E-state index contributed by atoms with van der Waals surface area (Å²) in [7, 11) is 2.07. The van der Waals surface area contributed by atoms with Crippen LogP contribution in [0.15, 0.2) is 5.16 Å². The molecule has 0 amide bonds. The second-order valence-corrected chi connectivity index (χ2v) is 3.92. The fourth-order valence-electron chi connectivity index (χ4n) is 1.84. The van der Waals surface area contributed by atoms with Crippen LogP contribution in [0.3, 0.4) is 0 Å². The highest BCUT2D eigenvalue weighted by Gasteiger charge is 2.35. The van der Waals surface area contributed by atoms with Gasteiger partial charge in [-0.05, 0) is 14.0 Å². The molecule has 0 aromatic heterocycles. The van der Waals surface area contributed by atoms with Gasteiger partial charge in [0.25, 0.3) is 0 Å². The molecule has 2 heterocycles. The number of hydrogen-bond acceptors (Lipinski definition) is 5. The van der Waals surface area contributed by atoms with Crippen molar-refractivity contribution in [2.24, 2.45) is 11.1 Å². The van der Waals surface area contributed by atoms with Crippen LogP contribution in [-0.2, 0) is 9.63 Å². The molecule has 1 fully saturated rings. The van der Waals surface area contributed by atoms with Gasteiger partial charge in [-0.3, -0.25) is 0 Å². The van der Waals surface area contributed by atoms with Crippen LogP contribution in [0, 0.1) is 5.92 Å². The van der Waals surface area contributed by atoms with Crippen molar-refractivity contribution in [1.82, 2.24) is 10.2 Å². The fraction of sp³-hybridized carbons (Fsp3) is 0.778. The van der Waals surface area contributed by atoms with Gasteiger partial charge in [0.15, 0.2) is 0 Å². The Balaban J connectivity index is 2.04. The van der Waals surface area contributed by atoms with Crippen LogP contribution in [0.1, 0.15) is 6.92 Å². The zero-order valence-electron chi connectivity index (χ0n) is 8.49. The van der Waals surface area contributed by atoms with Gasteiger partial charge in [0.05, 0.1) is 17.7 Å². The Morgan fingerprint density at radius 3 is 3.00 bits per heavy atom. The Labute approximate surface area is 83.1 Å². The first-order valence-corrected chi connectivity index (χ1v) is 4.89. The van der Waals surface area contributed by atoms with Crippen LogP contribution in [0.5, 0.6) is 0 Å². The van der Waals surface area contributed by atoms with Crippen molar-refractivity contribution >= 4 is 11.7 Å². The maximum atomic E-state index is 11.1. The van der Waals surface area contributed by atoms with Crippen molar-refractivity contribution in [3.63, 3.8) is 0 Å². The fourth-order valence-corrected chi connectivity index (χ4v) is 1.84. The highest BCUT2D eigenvalue weighted by Crippen LogP contribution is 2.15. The van der Waals surface area contributed by atoms with Crippen LogP contribution in [0.25, 0.3) is 0 Å². The van der Waals surface area contributed by atoms with Crippen LogP contribution < -0.4 is 5.32 Å². The number of carbonyl (C=O) groups is 1. The van der Waals surface area contributed by atoms with Crippen molar-refractivity contribution in [2.45, 2.75) is 13.0 Å². The highest BCUT2D eigenvalue weighted by molar-refractivity contribution is 6.07. The second kappa shape index (κ2) is 3.67. The molecule has 0 bridgehead atoms. The molecule has 2 rings (SSSR count). The molecule has 1 N–H and O–H groups in total. The van der Waals surface area contributed by atoms with Gasteiger partial charge in [-0.15, -0.1) is 0 Å². The molecule has 1 saturated heterocycles. The lowest BCUT2D eigenvalue weighted by molar-refractivity contribution is -0.142. The molecule has 2 unspecified atom stereocenters. The number of nitrogens with one attached hydrogen (secondary N) is 1. The van der Waals surface area contributed by atoms with Gasteiger partial charge in [-0.25, -0.2) is 4.79 Å². The molecule has 0 spiro atoms. The van der Waals surface area contributed by atoms with E-state index in [0.29, 0.717) is 0 Å².